The second-order valence-corrected chi connectivity index (χ2v) is 19.6. The minimum atomic E-state index is -3.56. The number of carbonyl (C=O) groups excluding carboxylic acids is 6. The number of nitrogens with zero attached hydrogens (tertiary/aromatic N) is 3. The van der Waals surface area contributed by atoms with Crippen molar-refractivity contribution in [1.29, 1.82) is 0 Å². The fourth-order valence-corrected chi connectivity index (χ4v) is 7.21. The van der Waals surface area contributed by atoms with Crippen molar-refractivity contribution in [3.63, 3.8) is 0 Å². The molecule has 4 rings (SSSR count). The molecule has 2 aliphatic heterocycles. The van der Waals surface area contributed by atoms with Crippen LogP contribution in [-0.2, 0) is 46.9 Å². The number of benzene rings is 1. The van der Waals surface area contributed by atoms with Crippen molar-refractivity contribution < 1.29 is 41.9 Å². The van der Waals surface area contributed by atoms with Crippen molar-refractivity contribution in [3.05, 3.63) is 35.4 Å². The third kappa shape index (κ3) is 11.9. The van der Waals surface area contributed by atoms with Crippen LogP contribution in [0.3, 0.4) is 0 Å². The van der Waals surface area contributed by atoms with Crippen LogP contribution in [0, 0.1) is 10.8 Å². The number of likely N-dealkylation sites (N-methyl/N-ethyl adjacent to an activating group) is 1. The zero-order chi connectivity index (χ0) is 41.7. The molecule has 56 heavy (non-hydrogen) atoms. The van der Waals surface area contributed by atoms with E-state index < -0.39 is 86.8 Å². The highest BCUT2D eigenvalue weighted by Crippen LogP contribution is 2.29. The van der Waals surface area contributed by atoms with Gasteiger partial charge in [-0.05, 0) is 47.6 Å². The van der Waals surface area contributed by atoms with Gasteiger partial charge in [-0.3, -0.25) is 19.2 Å². The molecule has 1 aromatic carbocycles. The average molecular weight is 804 g/mol. The van der Waals surface area contributed by atoms with Crippen LogP contribution in [0.4, 0.5) is 9.59 Å². The normalized spacial score (nSPS) is 20.3. The minimum Gasteiger partial charge on any atom is -0.444 e. The number of ketones is 1. The van der Waals surface area contributed by atoms with Crippen molar-refractivity contribution in [2.45, 2.75) is 130 Å². The molecule has 1 aliphatic carbocycles. The number of nitrogens with one attached hydrogen (secondary N) is 4. The zero-order valence-corrected chi connectivity index (χ0v) is 35.1. The number of hydrogen-bond acceptors (Lipinski definition) is 9. The van der Waals surface area contributed by atoms with E-state index in [2.05, 4.69) is 21.3 Å². The van der Waals surface area contributed by atoms with Crippen LogP contribution in [0.15, 0.2) is 24.3 Å². The van der Waals surface area contributed by atoms with Gasteiger partial charge < -0.3 is 35.8 Å². The van der Waals surface area contributed by atoms with Crippen LogP contribution in [-0.4, -0.2) is 127 Å². The number of Topliss-reactive ketones (excluding diaryl/α,β-unsaturated/α-hetero) is 1. The number of sulfonamides is 1. The van der Waals surface area contributed by atoms with E-state index in [1.54, 1.807) is 25.7 Å². The quantitative estimate of drug-likeness (QED) is 0.204. The van der Waals surface area contributed by atoms with Gasteiger partial charge in [0.1, 0.15) is 18.2 Å². The molecule has 4 N–H and O–H groups in total. The Kier molecular flexibility index (Phi) is 14.2. The highest BCUT2D eigenvalue weighted by atomic mass is 32.2. The number of urea groups is 1. The third-order valence-corrected chi connectivity index (χ3v) is 11.9. The number of ether oxygens (including phenoxy) is 1. The fraction of sp³-hybridized carbons (Fsp3) is 0.692. The summed E-state index contributed by atoms with van der Waals surface area (Å²) in [6.07, 6.45) is 2.38. The highest BCUT2D eigenvalue weighted by Gasteiger charge is 2.47. The first-order chi connectivity index (χ1) is 26.0. The van der Waals surface area contributed by atoms with E-state index in [0.717, 1.165) is 34.5 Å². The van der Waals surface area contributed by atoms with Crippen LogP contribution in [0.25, 0.3) is 0 Å². The zero-order valence-electron chi connectivity index (χ0n) is 34.3. The molecule has 3 aliphatic rings. The molecule has 0 radical (unpaired) electrons. The molecular weight excluding hydrogens is 743 g/mol. The van der Waals surface area contributed by atoms with Crippen LogP contribution < -0.4 is 21.3 Å². The maximum atomic E-state index is 14.6. The number of fused-ring (bicyclic) bond motifs is 1. The maximum absolute atomic E-state index is 14.6. The Bertz CT molecular complexity index is 1750. The maximum Gasteiger partial charge on any atom is 0.410 e. The molecule has 2 fully saturated rings. The van der Waals surface area contributed by atoms with Crippen LogP contribution in [0.1, 0.15) is 91.7 Å². The molecule has 16 nitrogen and oxygen atoms in total. The van der Waals surface area contributed by atoms with E-state index in [1.165, 1.54) is 11.9 Å². The molecule has 1 aromatic rings. The molecule has 312 valence electrons. The number of carbonyl (C=O) groups is 6. The number of hydrogen-bond donors (Lipinski definition) is 4. The highest BCUT2D eigenvalue weighted by molar-refractivity contribution is 7.88. The fourth-order valence-electron chi connectivity index (χ4n) is 6.79. The van der Waals surface area contributed by atoms with Crippen molar-refractivity contribution in [3.8, 4) is 0 Å². The van der Waals surface area contributed by atoms with Crippen molar-refractivity contribution in [2.24, 2.45) is 10.8 Å². The Morgan fingerprint density at radius 3 is 2.16 bits per heavy atom. The smallest absolute Gasteiger partial charge is 0.410 e. The first kappa shape index (κ1) is 44.5. The molecule has 5 atom stereocenters. The molecule has 2 unspecified atom stereocenters. The SMILES string of the molecule is CCCC(NC(=O)[C@@H]1C[C@@H](OC(=O)N2CCc3ccccc3C2)CN1C(=O)C(NC(=O)N[C@H](CN(C)S(C)(=O)=O)C(C)(C)C)C(C)(C)C)C(=O)C(=O)NC1CC1. The van der Waals surface area contributed by atoms with Gasteiger partial charge in [-0.15, -0.1) is 0 Å². The Hall–Kier alpha value is -4.25. The summed E-state index contributed by atoms with van der Waals surface area (Å²) in [5.41, 5.74) is 0.676. The molecule has 0 bridgehead atoms. The van der Waals surface area contributed by atoms with Crippen LogP contribution >= 0.6 is 0 Å². The minimum absolute atomic E-state index is 0.0236. The van der Waals surface area contributed by atoms with Crippen LogP contribution in [0.2, 0.25) is 0 Å². The molecule has 6 amide bonds. The summed E-state index contributed by atoms with van der Waals surface area (Å²) in [6.45, 7) is 13.2. The summed E-state index contributed by atoms with van der Waals surface area (Å²) in [4.78, 5) is 84.6. The molecule has 17 heteroatoms. The van der Waals surface area contributed by atoms with E-state index in [0.29, 0.717) is 25.9 Å². The second-order valence-electron chi connectivity index (χ2n) is 17.5. The van der Waals surface area contributed by atoms with Crippen molar-refractivity contribution >= 4 is 45.7 Å². The van der Waals surface area contributed by atoms with Crippen molar-refractivity contribution in [1.82, 2.24) is 35.4 Å². The summed E-state index contributed by atoms with van der Waals surface area (Å²) >= 11 is 0. The summed E-state index contributed by atoms with van der Waals surface area (Å²) in [6, 6.07) is 2.85. The molecule has 0 spiro atoms. The van der Waals surface area contributed by atoms with E-state index in [9.17, 15) is 37.2 Å². The molecule has 0 aromatic heterocycles. The Balaban J connectivity index is 1.57. The van der Waals surface area contributed by atoms with Crippen LogP contribution in [0.5, 0.6) is 0 Å². The first-order valence-electron chi connectivity index (χ1n) is 19.5. The molecule has 2 heterocycles. The van der Waals surface area contributed by atoms with Gasteiger partial charge in [-0.2, -0.15) is 0 Å². The lowest BCUT2D eigenvalue weighted by Gasteiger charge is -2.37. The van der Waals surface area contributed by atoms with Gasteiger partial charge in [0.2, 0.25) is 27.6 Å². The monoisotopic (exact) mass is 803 g/mol. The molecule has 1 saturated heterocycles. The summed E-state index contributed by atoms with van der Waals surface area (Å²) in [7, 11) is -2.14. The van der Waals surface area contributed by atoms with E-state index in [-0.39, 0.29) is 32.0 Å². The van der Waals surface area contributed by atoms with Gasteiger partial charge in [0.25, 0.3) is 5.91 Å². The molecular formula is C39H61N7O9S. The Morgan fingerprint density at radius 1 is 0.946 bits per heavy atom. The summed E-state index contributed by atoms with van der Waals surface area (Å²) < 4.78 is 31.5. The summed E-state index contributed by atoms with van der Waals surface area (Å²) in [5.74, 6) is -2.87. The van der Waals surface area contributed by atoms with Gasteiger partial charge >= 0.3 is 12.1 Å². The largest absolute Gasteiger partial charge is 0.444 e. The van der Waals surface area contributed by atoms with Gasteiger partial charge in [-0.1, -0.05) is 79.2 Å². The lowest BCUT2D eigenvalue weighted by atomic mass is 9.85. The standard InChI is InChI=1S/C39H61N7O9S/c1-10-13-28(31(47)34(49)40-26-16-17-26)41-33(48)29-20-27(55-37(52)45-19-18-24-14-11-12-15-25(24)21-45)22-46(29)35(50)32(39(5,6)7)43-36(51)42-30(38(2,3)4)23-44(8)56(9,53)54/h11-12,14-15,26-30,32H,10,13,16-23H2,1-9H3,(H,40,49)(H,41,48)(H2,42,43,51)/t27-,28?,29+,30-,32?/m1/s1. The van der Waals surface area contributed by atoms with E-state index in [1.807, 2.05) is 52.0 Å². The van der Waals surface area contributed by atoms with Gasteiger partial charge in [0.05, 0.1) is 18.8 Å². The Labute approximate surface area is 331 Å². The lowest BCUT2D eigenvalue weighted by molar-refractivity contribution is -0.144. The van der Waals surface area contributed by atoms with Gasteiger partial charge in [0.15, 0.2) is 0 Å². The molecule has 1 saturated carbocycles. The summed E-state index contributed by atoms with van der Waals surface area (Å²) in [5, 5.41) is 11.0. The second kappa shape index (κ2) is 17.9. The average Bonchev–Trinajstić information content (AvgIpc) is 3.82. The Morgan fingerprint density at radius 2 is 1.59 bits per heavy atom. The predicted molar refractivity (Wildman–Crippen MR) is 210 cm³/mol. The number of amides is 6. The first-order valence-corrected chi connectivity index (χ1v) is 21.3. The van der Waals surface area contributed by atoms with Crippen molar-refractivity contribution in [2.75, 3.05) is 32.9 Å². The lowest BCUT2D eigenvalue weighted by Crippen LogP contribution is -2.62. The number of likely N-dealkylation sites (tertiary alicyclic amines) is 1. The van der Waals surface area contributed by atoms with E-state index in [4.69, 9.17) is 4.74 Å². The van der Waals surface area contributed by atoms with Gasteiger partial charge in [-0.25, -0.2) is 22.3 Å². The number of rotatable bonds is 14. The van der Waals surface area contributed by atoms with E-state index >= 15 is 0 Å². The topological polar surface area (TPSA) is 204 Å². The van der Waals surface area contributed by atoms with Gasteiger partial charge in [0, 0.05) is 45.2 Å². The predicted octanol–water partition coefficient (Wildman–Crippen LogP) is 2.30. The third-order valence-electron chi connectivity index (χ3n) is 10.6.